The first kappa shape index (κ1) is 23.3. The Hall–Kier alpha value is -1.94. The van der Waals surface area contributed by atoms with Crippen molar-refractivity contribution in [3.63, 3.8) is 0 Å². The molecule has 2 aromatic carbocycles. The SMILES string of the molecule is CC(=C\[C@@H](C)CO[Si](c1ccccc1)(c1ccccc1)C(C)(C)C)/C=C(\C)CO. The molecule has 0 saturated carbocycles. The Morgan fingerprint density at radius 2 is 1.45 bits per heavy atom. The summed E-state index contributed by atoms with van der Waals surface area (Å²) in [4.78, 5) is 0. The van der Waals surface area contributed by atoms with E-state index in [1.165, 1.54) is 10.4 Å². The van der Waals surface area contributed by atoms with E-state index >= 15 is 0 Å². The number of allylic oxidation sites excluding steroid dienone is 2. The van der Waals surface area contributed by atoms with Crippen molar-refractivity contribution in [2.24, 2.45) is 5.92 Å². The predicted molar refractivity (Wildman–Crippen MR) is 127 cm³/mol. The van der Waals surface area contributed by atoms with Crippen LogP contribution in [0.3, 0.4) is 0 Å². The molecule has 0 aliphatic heterocycles. The Kier molecular flexibility index (Phi) is 8.20. The van der Waals surface area contributed by atoms with Gasteiger partial charge >= 0.3 is 0 Å². The first-order valence-corrected chi connectivity index (χ1v) is 12.3. The summed E-state index contributed by atoms with van der Waals surface area (Å²) >= 11 is 0. The van der Waals surface area contributed by atoms with Crippen LogP contribution in [0.2, 0.25) is 5.04 Å². The summed E-state index contributed by atoms with van der Waals surface area (Å²) in [6.07, 6.45) is 4.27. The number of hydrogen-bond donors (Lipinski definition) is 1. The van der Waals surface area contributed by atoms with Crippen LogP contribution in [0.15, 0.2) is 84.0 Å². The van der Waals surface area contributed by atoms with Crippen LogP contribution in [0.25, 0.3) is 0 Å². The van der Waals surface area contributed by atoms with Gasteiger partial charge in [0.15, 0.2) is 0 Å². The monoisotopic (exact) mass is 408 g/mol. The van der Waals surface area contributed by atoms with Crippen molar-refractivity contribution < 1.29 is 9.53 Å². The highest BCUT2D eigenvalue weighted by molar-refractivity contribution is 6.99. The van der Waals surface area contributed by atoms with Gasteiger partial charge in [-0.1, -0.05) is 106 Å². The summed E-state index contributed by atoms with van der Waals surface area (Å²) < 4.78 is 6.98. The molecule has 1 atom stereocenters. The third-order valence-corrected chi connectivity index (χ3v) is 10.3. The minimum absolute atomic E-state index is 0.0123. The molecule has 0 radical (unpaired) electrons. The summed E-state index contributed by atoms with van der Waals surface area (Å²) in [6.45, 7) is 13.9. The largest absolute Gasteiger partial charge is 0.407 e. The van der Waals surface area contributed by atoms with Gasteiger partial charge in [-0.2, -0.15) is 0 Å². The van der Waals surface area contributed by atoms with Gasteiger partial charge in [0, 0.05) is 6.61 Å². The Morgan fingerprint density at radius 1 is 0.966 bits per heavy atom. The van der Waals surface area contributed by atoms with E-state index in [1.54, 1.807) is 0 Å². The summed E-state index contributed by atoms with van der Waals surface area (Å²) in [5, 5.41) is 11.9. The standard InChI is InChI=1S/C26H36O2Si/c1-21(17-22(2)19-27)18-23(3)20-28-29(26(4,5)6,24-13-9-7-10-14-24)25-15-11-8-12-16-25/h7-18,23,27H,19-20H2,1-6H3/b21-18+,22-17+/t23-/m1/s1. The number of benzene rings is 2. The van der Waals surface area contributed by atoms with Gasteiger partial charge in [0.05, 0.1) is 6.61 Å². The Morgan fingerprint density at radius 3 is 1.86 bits per heavy atom. The van der Waals surface area contributed by atoms with E-state index in [2.05, 4.69) is 101 Å². The van der Waals surface area contributed by atoms with Crippen molar-refractivity contribution in [2.45, 2.75) is 46.6 Å². The van der Waals surface area contributed by atoms with Crippen LogP contribution in [0, 0.1) is 5.92 Å². The fraction of sp³-hybridized carbons (Fsp3) is 0.385. The van der Waals surface area contributed by atoms with Crippen LogP contribution in [-0.2, 0) is 4.43 Å². The van der Waals surface area contributed by atoms with Crippen LogP contribution in [-0.4, -0.2) is 26.6 Å². The van der Waals surface area contributed by atoms with Crippen molar-refractivity contribution >= 4 is 18.7 Å². The van der Waals surface area contributed by atoms with Crippen LogP contribution in [0.4, 0.5) is 0 Å². The zero-order chi connectivity index (χ0) is 21.5. The van der Waals surface area contributed by atoms with Crippen molar-refractivity contribution in [1.29, 1.82) is 0 Å². The van der Waals surface area contributed by atoms with Gasteiger partial charge in [-0.15, -0.1) is 0 Å². The molecule has 0 heterocycles. The second-order valence-corrected chi connectivity index (χ2v) is 13.3. The highest BCUT2D eigenvalue weighted by Crippen LogP contribution is 2.37. The molecule has 0 unspecified atom stereocenters. The second-order valence-electron chi connectivity index (χ2n) is 9.01. The molecule has 0 amide bonds. The molecule has 2 aromatic rings. The maximum absolute atomic E-state index is 9.25. The van der Waals surface area contributed by atoms with Gasteiger partial charge in [-0.3, -0.25) is 0 Å². The van der Waals surface area contributed by atoms with Crippen LogP contribution in [0.1, 0.15) is 41.5 Å². The second kappa shape index (κ2) is 10.2. The Bertz CT molecular complexity index is 777. The van der Waals surface area contributed by atoms with Crippen LogP contribution < -0.4 is 10.4 Å². The first-order valence-electron chi connectivity index (χ1n) is 10.4. The topological polar surface area (TPSA) is 29.5 Å². The third-order valence-electron chi connectivity index (χ3n) is 5.25. The number of aliphatic hydroxyl groups is 1. The molecule has 0 spiro atoms. The Labute approximate surface area is 178 Å². The number of rotatable bonds is 8. The smallest absolute Gasteiger partial charge is 0.261 e. The normalized spacial score (nSPS) is 14.7. The molecule has 0 aromatic heterocycles. The predicted octanol–water partition coefficient (Wildman–Crippen LogP) is 5.08. The molecule has 2 rings (SSSR count). The van der Waals surface area contributed by atoms with E-state index in [4.69, 9.17) is 4.43 Å². The molecule has 0 aliphatic rings. The van der Waals surface area contributed by atoms with E-state index in [0.717, 1.165) is 11.1 Å². The fourth-order valence-electron chi connectivity index (χ4n) is 4.00. The highest BCUT2D eigenvalue weighted by Gasteiger charge is 2.50. The average Bonchev–Trinajstić information content (AvgIpc) is 2.68. The van der Waals surface area contributed by atoms with Gasteiger partial charge < -0.3 is 9.53 Å². The lowest BCUT2D eigenvalue weighted by atomic mass is 10.1. The van der Waals surface area contributed by atoms with E-state index in [1.807, 2.05) is 13.0 Å². The minimum Gasteiger partial charge on any atom is -0.407 e. The molecule has 0 bridgehead atoms. The van der Waals surface area contributed by atoms with Gasteiger partial charge in [-0.05, 0) is 40.8 Å². The Balaban J connectivity index is 2.43. The van der Waals surface area contributed by atoms with Gasteiger partial charge in [0.25, 0.3) is 8.32 Å². The van der Waals surface area contributed by atoms with E-state index in [0.29, 0.717) is 6.61 Å². The lowest BCUT2D eigenvalue weighted by Crippen LogP contribution is -2.66. The summed E-state index contributed by atoms with van der Waals surface area (Å²) in [6, 6.07) is 21.5. The molecule has 2 nitrogen and oxygen atoms in total. The molecule has 29 heavy (non-hydrogen) atoms. The molecular weight excluding hydrogens is 372 g/mol. The van der Waals surface area contributed by atoms with Gasteiger partial charge in [-0.25, -0.2) is 0 Å². The van der Waals surface area contributed by atoms with Crippen molar-refractivity contribution in [3.05, 3.63) is 84.0 Å². The lowest BCUT2D eigenvalue weighted by molar-refractivity contribution is 0.267. The van der Waals surface area contributed by atoms with Crippen LogP contribution in [0.5, 0.6) is 0 Å². The van der Waals surface area contributed by atoms with Crippen molar-refractivity contribution in [1.82, 2.24) is 0 Å². The summed E-state index contributed by atoms with van der Waals surface area (Å²) in [7, 11) is -2.49. The van der Waals surface area contributed by atoms with E-state index in [9.17, 15) is 5.11 Å². The molecule has 0 aliphatic carbocycles. The maximum Gasteiger partial charge on any atom is 0.261 e. The van der Waals surface area contributed by atoms with Gasteiger partial charge in [0.1, 0.15) is 0 Å². The quantitative estimate of drug-likeness (QED) is 0.487. The first-order chi connectivity index (χ1) is 13.7. The van der Waals surface area contributed by atoms with Crippen LogP contribution >= 0.6 is 0 Å². The average molecular weight is 409 g/mol. The number of aliphatic hydroxyl groups excluding tert-OH is 1. The molecule has 0 fully saturated rings. The van der Waals surface area contributed by atoms with Gasteiger partial charge in [0.2, 0.25) is 0 Å². The molecule has 0 saturated heterocycles. The molecule has 3 heteroatoms. The fourth-order valence-corrected chi connectivity index (χ4v) is 8.67. The summed E-state index contributed by atoms with van der Waals surface area (Å²) in [5.41, 5.74) is 2.13. The molecule has 156 valence electrons. The maximum atomic E-state index is 9.25. The lowest BCUT2D eigenvalue weighted by Gasteiger charge is -2.43. The van der Waals surface area contributed by atoms with Crippen molar-refractivity contribution in [3.8, 4) is 0 Å². The summed E-state index contributed by atoms with van der Waals surface area (Å²) in [5.74, 6) is 0.277. The zero-order valence-corrected chi connectivity index (χ0v) is 19.8. The van der Waals surface area contributed by atoms with E-state index in [-0.39, 0.29) is 17.6 Å². The van der Waals surface area contributed by atoms with Crippen molar-refractivity contribution in [2.75, 3.05) is 13.2 Å². The molecular formula is C26H36O2Si. The number of hydrogen-bond acceptors (Lipinski definition) is 2. The minimum atomic E-state index is -2.49. The molecule has 1 N–H and O–H groups in total. The van der Waals surface area contributed by atoms with E-state index < -0.39 is 8.32 Å². The zero-order valence-electron chi connectivity index (χ0n) is 18.8. The third kappa shape index (κ3) is 5.78. The highest BCUT2D eigenvalue weighted by atomic mass is 28.4.